The summed E-state index contributed by atoms with van der Waals surface area (Å²) in [5.74, 6) is -0.108. The molecule has 0 radical (unpaired) electrons. The zero-order valence-corrected chi connectivity index (χ0v) is 11.6. The second kappa shape index (κ2) is 13.2. The highest BCUT2D eigenvalue weighted by molar-refractivity contribution is 5.88. The average Bonchev–Trinajstić information content (AvgIpc) is 2.35. The molecule has 2 heteroatoms. The van der Waals surface area contributed by atoms with E-state index in [-0.39, 0.29) is 59.0 Å². The van der Waals surface area contributed by atoms with Crippen LogP contribution in [0.25, 0.3) is 0 Å². The van der Waals surface area contributed by atoms with Gasteiger partial charge in [-0.25, -0.2) is 0 Å². The zero-order valence-electron chi connectivity index (χ0n) is 11.6. The van der Waals surface area contributed by atoms with Crippen LogP contribution in [0.15, 0.2) is 30.3 Å². The Morgan fingerprint density at radius 3 is 1.68 bits per heavy atom. The van der Waals surface area contributed by atoms with Gasteiger partial charge < -0.3 is 0 Å². The standard InChI is InChI=1S/C16H22O2.4CH4/c1-5-15(14-9-7-6-8-10-14)16(13(4)18)11(2)12(3)17;;;;/h6-11,15-16H,5H2,1-4H3;4*1H4. The summed E-state index contributed by atoms with van der Waals surface area (Å²) in [6.45, 7) is 7.09. The molecule has 0 heterocycles. The lowest BCUT2D eigenvalue weighted by molar-refractivity contribution is -0.130. The largest absolute Gasteiger partial charge is 0.300 e. The lowest BCUT2D eigenvalue weighted by Gasteiger charge is -2.28. The van der Waals surface area contributed by atoms with E-state index in [9.17, 15) is 9.59 Å². The molecule has 1 aromatic carbocycles. The molecule has 0 saturated heterocycles. The van der Waals surface area contributed by atoms with Crippen molar-refractivity contribution in [1.82, 2.24) is 0 Å². The molecule has 0 N–H and O–H groups in total. The van der Waals surface area contributed by atoms with Crippen molar-refractivity contribution in [3.05, 3.63) is 35.9 Å². The highest BCUT2D eigenvalue weighted by Gasteiger charge is 2.32. The zero-order chi connectivity index (χ0) is 13.7. The Morgan fingerprint density at radius 2 is 1.36 bits per heavy atom. The van der Waals surface area contributed by atoms with Gasteiger partial charge in [0.05, 0.1) is 0 Å². The Morgan fingerprint density at radius 1 is 0.909 bits per heavy atom. The van der Waals surface area contributed by atoms with E-state index in [2.05, 4.69) is 6.92 Å². The first-order valence-electron chi connectivity index (χ1n) is 6.54. The van der Waals surface area contributed by atoms with Crippen molar-refractivity contribution in [2.24, 2.45) is 11.8 Å². The number of Topliss-reactive ketones (excluding diaryl/α,β-unsaturated/α-hetero) is 2. The normalized spacial score (nSPS) is 12.9. The smallest absolute Gasteiger partial charge is 0.134 e. The van der Waals surface area contributed by atoms with Gasteiger partial charge in [0.1, 0.15) is 11.6 Å². The first kappa shape index (κ1) is 28.7. The summed E-state index contributed by atoms with van der Waals surface area (Å²) in [5.41, 5.74) is 1.15. The fourth-order valence-electron chi connectivity index (χ4n) is 2.63. The minimum absolute atomic E-state index is 0. The van der Waals surface area contributed by atoms with Gasteiger partial charge in [-0.2, -0.15) is 0 Å². The molecule has 0 aliphatic carbocycles. The summed E-state index contributed by atoms with van der Waals surface area (Å²) < 4.78 is 0. The van der Waals surface area contributed by atoms with E-state index in [0.29, 0.717) is 0 Å². The number of carbonyl (C=O) groups is 2. The molecule has 3 atom stereocenters. The Hall–Kier alpha value is -1.44. The quantitative estimate of drug-likeness (QED) is 0.631. The molecule has 3 unspecified atom stereocenters. The number of hydrogen-bond acceptors (Lipinski definition) is 2. The van der Waals surface area contributed by atoms with Crippen LogP contribution in [0.4, 0.5) is 0 Å². The molecule has 0 aromatic heterocycles. The molecular formula is C20H38O2. The van der Waals surface area contributed by atoms with Crippen LogP contribution in [0, 0.1) is 11.8 Å². The maximum Gasteiger partial charge on any atom is 0.134 e. The Labute approximate surface area is 139 Å². The van der Waals surface area contributed by atoms with Crippen LogP contribution in [0.1, 0.15) is 75.3 Å². The summed E-state index contributed by atoms with van der Waals surface area (Å²) in [6.07, 6.45) is 0.867. The van der Waals surface area contributed by atoms with Gasteiger partial charge in [-0.1, -0.05) is 73.9 Å². The van der Waals surface area contributed by atoms with Crippen LogP contribution in [-0.4, -0.2) is 11.6 Å². The molecule has 0 bridgehead atoms. The number of carbonyl (C=O) groups excluding carboxylic acids is 2. The van der Waals surface area contributed by atoms with Gasteiger partial charge in [-0.15, -0.1) is 0 Å². The lowest BCUT2D eigenvalue weighted by atomic mass is 9.74. The molecule has 22 heavy (non-hydrogen) atoms. The molecule has 0 aliphatic rings. The van der Waals surface area contributed by atoms with Crippen molar-refractivity contribution in [2.75, 3.05) is 0 Å². The third-order valence-corrected chi connectivity index (χ3v) is 3.75. The Balaban J connectivity index is -0.000000405. The molecule has 0 fully saturated rings. The summed E-state index contributed by atoms with van der Waals surface area (Å²) in [7, 11) is 0. The molecule has 2 nitrogen and oxygen atoms in total. The predicted molar refractivity (Wildman–Crippen MR) is 100 cm³/mol. The van der Waals surface area contributed by atoms with E-state index in [1.807, 2.05) is 37.3 Å². The van der Waals surface area contributed by atoms with Gasteiger partial charge in [0.2, 0.25) is 0 Å². The van der Waals surface area contributed by atoms with Crippen LogP contribution in [0.5, 0.6) is 0 Å². The number of rotatable bonds is 6. The van der Waals surface area contributed by atoms with Crippen molar-refractivity contribution in [3.8, 4) is 0 Å². The van der Waals surface area contributed by atoms with Crippen LogP contribution in [0.2, 0.25) is 0 Å². The van der Waals surface area contributed by atoms with E-state index in [1.54, 1.807) is 13.8 Å². The van der Waals surface area contributed by atoms with Crippen molar-refractivity contribution < 1.29 is 9.59 Å². The molecule has 0 spiro atoms. The van der Waals surface area contributed by atoms with Crippen molar-refractivity contribution >= 4 is 11.6 Å². The molecular weight excluding hydrogens is 272 g/mol. The Kier molecular flexibility index (Phi) is 17.3. The predicted octanol–water partition coefficient (Wildman–Crippen LogP) is 6.15. The molecule has 0 saturated carbocycles. The second-order valence-corrected chi connectivity index (χ2v) is 4.96. The monoisotopic (exact) mass is 310 g/mol. The number of ketones is 2. The fourth-order valence-corrected chi connectivity index (χ4v) is 2.63. The second-order valence-electron chi connectivity index (χ2n) is 4.96. The highest BCUT2D eigenvalue weighted by Crippen LogP contribution is 2.34. The van der Waals surface area contributed by atoms with Crippen molar-refractivity contribution in [1.29, 1.82) is 0 Å². The van der Waals surface area contributed by atoms with E-state index in [1.165, 1.54) is 0 Å². The van der Waals surface area contributed by atoms with Crippen molar-refractivity contribution in [2.45, 2.75) is 69.7 Å². The van der Waals surface area contributed by atoms with E-state index < -0.39 is 0 Å². The van der Waals surface area contributed by atoms with Crippen LogP contribution >= 0.6 is 0 Å². The van der Waals surface area contributed by atoms with Gasteiger partial charge in [-0.3, -0.25) is 9.59 Å². The minimum Gasteiger partial charge on any atom is -0.300 e. The molecule has 1 aromatic rings. The fraction of sp³-hybridized carbons (Fsp3) is 0.600. The van der Waals surface area contributed by atoms with Gasteiger partial charge >= 0.3 is 0 Å². The average molecular weight is 311 g/mol. The summed E-state index contributed by atoms with van der Waals surface area (Å²) in [4.78, 5) is 23.5. The summed E-state index contributed by atoms with van der Waals surface area (Å²) in [6, 6.07) is 10.0. The van der Waals surface area contributed by atoms with Gasteiger partial charge in [0, 0.05) is 11.8 Å². The summed E-state index contributed by atoms with van der Waals surface area (Å²) >= 11 is 0. The number of benzene rings is 1. The summed E-state index contributed by atoms with van der Waals surface area (Å²) in [5, 5.41) is 0. The van der Waals surface area contributed by atoms with E-state index in [0.717, 1.165) is 12.0 Å². The highest BCUT2D eigenvalue weighted by atomic mass is 16.1. The molecule has 0 aliphatic heterocycles. The minimum atomic E-state index is -0.215. The topological polar surface area (TPSA) is 34.1 Å². The number of hydrogen-bond donors (Lipinski definition) is 0. The van der Waals surface area contributed by atoms with Gasteiger partial charge in [-0.05, 0) is 31.7 Å². The molecule has 130 valence electrons. The molecule has 1 rings (SSSR count). The van der Waals surface area contributed by atoms with Crippen LogP contribution in [-0.2, 0) is 9.59 Å². The maximum absolute atomic E-state index is 11.9. The third kappa shape index (κ3) is 7.02. The van der Waals surface area contributed by atoms with Gasteiger partial charge in [0.15, 0.2) is 0 Å². The van der Waals surface area contributed by atoms with Crippen LogP contribution < -0.4 is 0 Å². The van der Waals surface area contributed by atoms with E-state index in [4.69, 9.17) is 0 Å². The third-order valence-electron chi connectivity index (χ3n) is 3.75. The first-order chi connectivity index (χ1) is 8.49. The van der Waals surface area contributed by atoms with Gasteiger partial charge in [0.25, 0.3) is 0 Å². The lowest BCUT2D eigenvalue weighted by Crippen LogP contribution is -2.30. The first-order valence-corrected chi connectivity index (χ1v) is 6.54. The SMILES string of the molecule is C.C.C.C.CCC(c1ccccc1)C(C(C)=O)C(C)C(C)=O. The molecule has 0 amide bonds. The maximum atomic E-state index is 11.9. The Bertz CT molecular complexity index is 409. The van der Waals surface area contributed by atoms with E-state index >= 15 is 0 Å². The van der Waals surface area contributed by atoms with Crippen molar-refractivity contribution in [3.63, 3.8) is 0 Å². The van der Waals surface area contributed by atoms with Crippen LogP contribution in [0.3, 0.4) is 0 Å².